The second-order valence-electron chi connectivity index (χ2n) is 18.8. The summed E-state index contributed by atoms with van der Waals surface area (Å²) in [4.78, 5) is 38.1. The summed E-state index contributed by atoms with van der Waals surface area (Å²) < 4.78 is 16.8. The van der Waals surface area contributed by atoms with Gasteiger partial charge in [-0.3, -0.25) is 14.4 Å². The van der Waals surface area contributed by atoms with Gasteiger partial charge in [0, 0.05) is 19.3 Å². The molecular formula is C61H106O6. The van der Waals surface area contributed by atoms with E-state index in [4.69, 9.17) is 14.2 Å². The predicted molar refractivity (Wildman–Crippen MR) is 288 cm³/mol. The topological polar surface area (TPSA) is 78.9 Å². The van der Waals surface area contributed by atoms with Crippen LogP contribution in [0.15, 0.2) is 72.9 Å². The number of hydrogen-bond donors (Lipinski definition) is 0. The van der Waals surface area contributed by atoms with Crippen LogP contribution in [0.3, 0.4) is 0 Å². The molecule has 0 aliphatic rings. The largest absolute Gasteiger partial charge is 0.462 e. The maximum atomic E-state index is 12.8. The van der Waals surface area contributed by atoms with Crippen LogP contribution in [0.25, 0.3) is 0 Å². The molecule has 1 unspecified atom stereocenters. The second kappa shape index (κ2) is 55.4. The van der Waals surface area contributed by atoms with Crippen LogP contribution in [0.2, 0.25) is 0 Å². The Morgan fingerprint density at radius 1 is 0.313 bits per heavy atom. The lowest BCUT2D eigenvalue weighted by Gasteiger charge is -2.18. The van der Waals surface area contributed by atoms with E-state index in [-0.39, 0.29) is 37.5 Å². The number of rotatable bonds is 51. The van der Waals surface area contributed by atoms with E-state index in [0.29, 0.717) is 19.3 Å². The third kappa shape index (κ3) is 53.7. The smallest absolute Gasteiger partial charge is 0.306 e. The van der Waals surface area contributed by atoms with Crippen molar-refractivity contribution in [3.8, 4) is 0 Å². The molecule has 0 saturated carbocycles. The van der Waals surface area contributed by atoms with Crippen LogP contribution in [0.4, 0.5) is 0 Å². The molecule has 0 N–H and O–H groups in total. The highest BCUT2D eigenvalue weighted by molar-refractivity contribution is 5.71. The molecule has 0 aromatic heterocycles. The Bertz CT molecular complexity index is 1260. The fourth-order valence-corrected chi connectivity index (χ4v) is 8.01. The second-order valence-corrected chi connectivity index (χ2v) is 18.8. The highest BCUT2D eigenvalue weighted by Crippen LogP contribution is 2.16. The van der Waals surface area contributed by atoms with Gasteiger partial charge in [0.1, 0.15) is 13.2 Å². The molecule has 0 aliphatic carbocycles. The van der Waals surface area contributed by atoms with Gasteiger partial charge in [0.2, 0.25) is 0 Å². The molecule has 0 heterocycles. The third-order valence-electron chi connectivity index (χ3n) is 12.2. The zero-order valence-corrected chi connectivity index (χ0v) is 44.2. The van der Waals surface area contributed by atoms with Gasteiger partial charge in [-0.15, -0.1) is 0 Å². The van der Waals surface area contributed by atoms with Crippen molar-refractivity contribution < 1.29 is 28.6 Å². The zero-order chi connectivity index (χ0) is 48.6. The molecular weight excluding hydrogens is 829 g/mol. The first kappa shape index (κ1) is 63.8. The van der Waals surface area contributed by atoms with E-state index in [1.165, 1.54) is 148 Å². The normalized spacial score (nSPS) is 12.6. The minimum Gasteiger partial charge on any atom is -0.462 e. The maximum Gasteiger partial charge on any atom is 0.306 e. The fourth-order valence-electron chi connectivity index (χ4n) is 8.01. The summed E-state index contributed by atoms with van der Waals surface area (Å²) in [5.41, 5.74) is 0. The van der Waals surface area contributed by atoms with E-state index in [9.17, 15) is 14.4 Å². The molecule has 0 saturated heterocycles. The van der Waals surface area contributed by atoms with Gasteiger partial charge in [-0.2, -0.15) is 0 Å². The lowest BCUT2D eigenvalue weighted by atomic mass is 10.0. The molecule has 6 nitrogen and oxygen atoms in total. The van der Waals surface area contributed by atoms with Crippen molar-refractivity contribution in [2.75, 3.05) is 13.2 Å². The third-order valence-corrected chi connectivity index (χ3v) is 12.2. The first-order chi connectivity index (χ1) is 33.0. The summed E-state index contributed by atoms with van der Waals surface area (Å²) >= 11 is 0. The molecule has 0 aliphatic heterocycles. The number of ether oxygens (including phenoxy) is 3. The Balaban J connectivity index is 4.34. The quantitative estimate of drug-likeness (QED) is 0.0262. The number of esters is 3. The molecule has 0 radical (unpaired) electrons. The monoisotopic (exact) mass is 935 g/mol. The van der Waals surface area contributed by atoms with Gasteiger partial charge < -0.3 is 14.2 Å². The standard InChI is InChI=1S/C61H106O6/c1-4-7-10-13-16-19-22-24-26-28-30-32-34-36-39-42-45-48-51-54-60(63)66-57-58(56-65-59(62)53-50-47-44-41-38-21-18-15-12-9-6-3)67-61(64)55-52-49-46-43-40-37-35-33-31-29-27-25-23-20-17-14-11-8-5-2/h7,9-10,12,16,18-19,21,24,26,41,44,58H,4-6,8,11,13-15,17,20,22-23,25,27-40,42-43,45-57H2,1-3H3/b10-7-,12-9-,19-16-,21-18-,26-24-,44-41-. The fraction of sp³-hybridized carbons (Fsp3) is 0.754. The number of carbonyl (C=O) groups excluding carboxylic acids is 3. The van der Waals surface area contributed by atoms with E-state index in [0.717, 1.165) is 83.5 Å². The summed E-state index contributed by atoms with van der Waals surface area (Å²) in [6, 6.07) is 0. The van der Waals surface area contributed by atoms with Crippen LogP contribution in [0.1, 0.15) is 278 Å². The average Bonchev–Trinajstić information content (AvgIpc) is 3.33. The maximum absolute atomic E-state index is 12.8. The van der Waals surface area contributed by atoms with E-state index >= 15 is 0 Å². The van der Waals surface area contributed by atoms with Gasteiger partial charge in [-0.1, -0.05) is 254 Å². The first-order valence-electron chi connectivity index (χ1n) is 28.4. The lowest BCUT2D eigenvalue weighted by molar-refractivity contribution is -0.167. The van der Waals surface area contributed by atoms with Crippen LogP contribution < -0.4 is 0 Å². The van der Waals surface area contributed by atoms with E-state index in [2.05, 4.69) is 93.7 Å². The van der Waals surface area contributed by atoms with Gasteiger partial charge in [-0.25, -0.2) is 0 Å². The molecule has 0 aromatic rings. The Morgan fingerprint density at radius 2 is 0.597 bits per heavy atom. The molecule has 0 spiro atoms. The summed E-state index contributed by atoms with van der Waals surface area (Å²) in [5.74, 6) is -0.944. The lowest BCUT2D eigenvalue weighted by Crippen LogP contribution is -2.30. The number of unbranched alkanes of at least 4 members (excludes halogenated alkanes) is 28. The minimum atomic E-state index is -0.796. The SMILES string of the molecule is CC/C=C\C/C=C\C/C=C\CCCCCCCCCCCC(=O)OCC(COC(=O)CCC/C=C\C/C=C\C/C=C\CC)OC(=O)CCCCCCCCCCCCCCCCCCCCC. The first-order valence-corrected chi connectivity index (χ1v) is 28.4. The molecule has 0 fully saturated rings. The summed E-state index contributed by atoms with van der Waals surface area (Å²) in [5, 5.41) is 0. The molecule has 1 atom stereocenters. The molecule has 386 valence electrons. The van der Waals surface area contributed by atoms with Crippen LogP contribution in [-0.4, -0.2) is 37.2 Å². The molecule has 0 aromatic carbocycles. The van der Waals surface area contributed by atoms with E-state index < -0.39 is 6.10 Å². The Kier molecular flexibility index (Phi) is 52.8. The zero-order valence-electron chi connectivity index (χ0n) is 44.2. The van der Waals surface area contributed by atoms with Gasteiger partial charge in [0.05, 0.1) is 0 Å². The summed E-state index contributed by atoms with van der Waals surface area (Å²) in [7, 11) is 0. The van der Waals surface area contributed by atoms with Crippen molar-refractivity contribution in [1.82, 2.24) is 0 Å². The predicted octanol–water partition coefficient (Wildman–Crippen LogP) is 19.0. The Morgan fingerprint density at radius 3 is 0.970 bits per heavy atom. The van der Waals surface area contributed by atoms with Gasteiger partial charge in [-0.05, 0) is 77.0 Å². The van der Waals surface area contributed by atoms with Gasteiger partial charge in [0.15, 0.2) is 6.10 Å². The van der Waals surface area contributed by atoms with Crippen molar-refractivity contribution in [1.29, 1.82) is 0 Å². The van der Waals surface area contributed by atoms with Crippen molar-refractivity contribution in [2.45, 2.75) is 284 Å². The summed E-state index contributed by atoms with van der Waals surface area (Å²) in [6.07, 6.45) is 70.5. The molecule has 6 heteroatoms. The van der Waals surface area contributed by atoms with E-state index in [1.807, 2.05) is 0 Å². The average molecular weight is 936 g/mol. The molecule has 0 rings (SSSR count). The van der Waals surface area contributed by atoms with Gasteiger partial charge in [0.25, 0.3) is 0 Å². The van der Waals surface area contributed by atoms with Crippen LogP contribution in [-0.2, 0) is 28.6 Å². The van der Waals surface area contributed by atoms with Crippen molar-refractivity contribution in [3.05, 3.63) is 72.9 Å². The highest BCUT2D eigenvalue weighted by Gasteiger charge is 2.19. The molecule has 0 bridgehead atoms. The summed E-state index contributed by atoms with van der Waals surface area (Å²) in [6.45, 7) is 6.39. The van der Waals surface area contributed by atoms with Gasteiger partial charge >= 0.3 is 17.9 Å². The van der Waals surface area contributed by atoms with Crippen LogP contribution in [0.5, 0.6) is 0 Å². The van der Waals surface area contributed by atoms with Crippen molar-refractivity contribution in [2.24, 2.45) is 0 Å². The van der Waals surface area contributed by atoms with Crippen molar-refractivity contribution >= 4 is 17.9 Å². The minimum absolute atomic E-state index is 0.0919. The number of allylic oxidation sites excluding steroid dienone is 12. The van der Waals surface area contributed by atoms with E-state index in [1.54, 1.807) is 0 Å². The molecule has 67 heavy (non-hydrogen) atoms. The highest BCUT2D eigenvalue weighted by atomic mass is 16.6. The molecule has 0 amide bonds. The van der Waals surface area contributed by atoms with Crippen LogP contribution >= 0.6 is 0 Å². The van der Waals surface area contributed by atoms with Crippen LogP contribution in [0, 0.1) is 0 Å². The number of carbonyl (C=O) groups is 3. The Labute approximate surface area is 414 Å². The number of hydrogen-bond acceptors (Lipinski definition) is 6. The van der Waals surface area contributed by atoms with Crippen molar-refractivity contribution in [3.63, 3.8) is 0 Å². The Hall–Kier alpha value is -3.15.